The molecule has 98 valence electrons. The summed E-state index contributed by atoms with van der Waals surface area (Å²) in [5.74, 6) is 0.827. The molecule has 4 heteroatoms. The maximum atomic E-state index is 6.08. The van der Waals surface area contributed by atoms with Gasteiger partial charge >= 0.3 is 0 Å². The standard InChI is InChI=1S/C14H18Cl2N2/c15-13-4-1-10(5-14(13)16)8-18(12-2-3-12)9-11-6-17-7-11/h1,4-5,11-12,17H,2-3,6-9H2. The predicted octanol–water partition coefficient (Wildman–Crippen LogP) is 3.18. The van der Waals surface area contributed by atoms with Gasteiger partial charge in [-0.1, -0.05) is 29.3 Å². The zero-order valence-electron chi connectivity index (χ0n) is 10.3. The molecule has 2 fully saturated rings. The molecule has 0 amide bonds. The van der Waals surface area contributed by atoms with Crippen LogP contribution in [0.4, 0.5) is 0 Å². The zero-order valence-corrected chi connectivity index (χ0v) is 11.8. The molecule has 1 aliphatic carbocycles. The molecule has 1 aromatic carbocycles. The lowest BCUT2D eigenvalue weighted by molar-refractivity contribution is 0.178. The van der Waals surface area contributed by atoms with Crippen molar-refractivity contribution in [2.24, 2.45) is 5.92 Å². The molecule has 1 saturated heterocycles. The van der Waals surface area contributed by atoms with Crippen LogP contribution in [0, 0.1) is 5.92 Å². The first-order valence-corrected chi connectivity index (χ1v) is 7.36. The molecule has 1 saturated carbocycles. The van der Waals surface area contributed by atoms with Gasteiger partial charge in [0.25, 0.3) is 0 Å². The van der Waals surface area contributed by atoms with E-state index in [4.69, 9.17) is 23.2 Å². The fourth-order valence-electron chi connectivity index (χ4n) is 2.46. The fourth-order valence-corrected chi connectivity index (χ4v) is 2.78. The number of benzene rings is 1. The molecule has 2 nitrogen and oxygen atoms in total. The summed E-state index contributed by atoms with van der Waals surface area (Å²) in [6.45, 7) is 4.55. The van der Waals surface area contributed by atoms with Crippen LogP contribution in [-0.2, 0) is 6.54 Å². The van der Waals surface area contributed by atoms with Crippen molar-refractivity contribution in [3.63, 3.8) is 0 Å². The second-order valence-electron chi connectivity index (χ2n) is 5.43. The fraction of sp³-hybridized carbons (Fsp3) is 0.571. The lowest BCUT2D eigenvalue weighted by Gasteiger charge is -2.33. The van der Waals surface area contributed by atoms with Gasteiger partial charge in [-0.3, -0.25) is 4.90 Å². The Bertz CT molecular complexity index is 428. The molecule has 0 radical (unpaired) electrons. The van der Waals surface area contributed by atoms with Gasteiger partial charge in [0.1, 0.15) is 0 Å². The number of hydrogen-bond donors (Lipinski definition) is 1. The third-order valence-corrected chi connectivity index (χ3v) is 4.53. The summed E-state index contributed by atoms with van der Waals surface area (Å²) in [7, 11) is 0. The molecule has 1 heterocycles. The average molecular weight is 285 g/mol. The summed E-state index contributed by atoms with van der Waals surface area (Å²) in [6.07, 6.45) is 2.70. The molecule has 0 aromatic heterocycles. The Morgan fingerprint density at radius 3 is 2.50 bits per heavy atom. The minimum atomic E-state index is 0.640. The van der Waals surface area contributed by atoms with Crippen molar-refractivity contribution in [3.8, 4) is 0 Å². The third kappa shape index (κ3) is 3.00. The largest absolute Gasteiger partial charge is 0.316 e. The van der Waals surface area contributed by atoms with E-state index in [2.05, 4.69) is 16.3 Å². The molecular weight excluding hydrogens is 267 g/mol. The van der Waals surface area contributed by atoms with Gasteiger partial charge in [-0.25, -0.2) is 0 Å². The molecule has 1 aliphatic heterocycles. The van der Waals surface area contributed by atoms with Crippen LogP contribution in [0.15, 0.2) is 18.2 Å². The Hall–Kier alpha value is -0.280. The van der Waals surface area contributed by atoms with Crippen LogP contribution in [-0.4, -0.2) is 30.6 Å². The molecule has 0 spiro atoms. The van der Waals surface area contributed by atoms with E-state index in [0.717, 1.165) is 18.5 Å². The van der Waals surface area contributed by atoms with Crippen LogP contribution in [0.25, 0.3) is 0 Å². The Kier molecular flexibility index (Phi) is 3.81. The van der Waals surface area contributed by atoms with E-state index in [-0.39, 0.29) is 0 Å². The molecule has 0 bridgehead atoms. The molecule has 18 heavy (non-hydrogen) atoms. The first kappa shape index (κ1) is 12.7. The van der Waals surface area contributed by atoms with Crippen molar-refractivity contribution in [3.05, 3.63) is 33.8 Å². The number of halogens is 2. The van der Waals surface area contributed by atoms with E-state index in [1.807, 2.05) is 12.1 Å². The summed E-state index contributed by atoms with van der Waals surface area (Å²) >= 11 is 12.0. The Balaban J connectivity index is 1.65. The Morgan fingerprint density at radius 2 is 1.94 bits per heavy atom. The third-order valence-electron chi connectivity index (χ3n) is 3.79. The molecular formula is C14H18Cl2N2. The highest BCUT2D eigenvalue weighted by Gasteiger charge is 2.31. The number of hydrogen-bond acceptors (Lipinski definition) is 2. The summed E-state index contributed by atoms with van der Waals surface area (Å²) < 4.78 is 0. The first-order valence-electron chi connectivity index (χ1n) is 6.61. The van der Waals surface area contributed by atoms with Crippen molar-refractivity contribution in [2.75, 3.05) is 19.6 Å². The van der Waals surface area contributed by atoms with Crippen molar-refractivity contribution in [1.29, 1.82) is 0 Å². The average Bonchev–Trinajstić information content (AvgIpc) is 3.10. The quantitative estimate of drug-likeness (QED) is 0.894. The van der Waals surface area contributed by atoms with Crippen LogP contribution in [0.2, 0.25) is 10.0 Å². The number of nitrogens with one attached hydrogen (secondary N) is 1. The smallest absolute Gasteiger partial charge is 0.0595 e. The van der Waals surface area contributed by atoms with E-state index in [0.29, 0.717) is 10.0 Å². The highest BCUT2D eigenvalue weighted by Crippen LogP contribution is 2.30. The molecule has 0 unspecified atom stereocenters. The molecule has 0 atom stereocenters. The van der Waals surface area contributed by atoms with Gasteiger partial charge in [-0.2, -0.15) is 0 Å². The molecule has 1 N–H and O–H groups in total. The maximum Gasteiger partial charge on any atom is 0.0595 e. The molecule has 2 aliphatic rings. The van der Waals surface area contributed by atoms with Crippen molar-refractivity contribution in [2.45, 2.75) is 25.4 Å². The van der Waals surface area contributed by atoms with Gasteiger partial charge in [0.2, 0.25) is 0 Å². The highest BCUT2D eigenvalue weighted by molar-refractivity contribution is 6.42. The van der Waals surface area contributed by atoms with Gasteiger partial charge in [-0.15, -0.1) is 0 Å². The van der Waals surface area contributed by atoms with E-state index in [1.54, 1.807) is 0 Å². The Morgan fingerprint density at radius 1 is 1.17 bits per heavy atom. The summed E-state index contributed by atoms with van der Waals surface area (Å²) in [6, 6.07) is 6.77. The van der Waals surface area contributed by atoms with Gasteiger partial charge < -0.3 is 5.32 Å². The Labute approximate surface area is 118 Å². The molecule has 1 aromatic rings. The predicted molar refractivity (Wildman–Crippen MR) is 76.3 cm³/mol. The van der Waals surface area contributed by atoms with Crippen molar-refractivity contribution in [1.82, 2.24) is 10.2 Å². The lowest BCUT2D eigenvalue weighted by atomic mass is 10.0. The van der Waals surface area contributed by atoms with Gasteiger partial charge in [-0.05, 0) is 36.5 Å². The van der Waals surface area contributed by atoms with E-state index in [1.165, 1.54) is 38.0 Å². The highest BCUT2D eigenvalue weighted by atomic mass is 35.5. The number of rotatable bonds is 5. The summed E-state index contributed by atoms with van der Waals surface area (Å²) in [5.41, 5.74) is 1.27. The van der Waals surface area contributed by atoms with Crippen molar-refractivity contribution < 1.29 is 0 Å². The summed E-state index contributed by atoms with van der Waals surface area (Å²) in [4.78, 5) is 2.60. The van der Waals surface area contributed by atoms with Crippen LogP contribution in [0.3, 0.4) is 0 Å². The van der Waals surface area contributed by atoms with Crippen LogP contribution in [0.1, 0.15) is 18.4 Å². The van der Waals surface area contributed by atoms with Gasteiger partial charge in [0, 0.05) is 32.2 Å². The van der Waals surface area contributed by atoms with E-state index >= 15 is 0 Å². The second kappa shape index (κ2) is 5.38. The van der Waals surface area contributed by atoms with E-state index < -0.39 is 0 Å². The lowest BCUT2D eigenvalue weighted by Crippen LogP contribution is -2.48. The van der Waals surface area contributed by atoms with Gasteiger partial charge in [0.05, 0.1) is 10.0 Å². The normalized spacial score (nSPS) is 20.2. The van der Waals surface area contributed by atoms with E-state index in [9.17, 15) is 0 Å². The zero-order chi connectivity index (χ0) is 12.5. The van der Waals surface area contributed by atoms with Crippen LogP contribution in [0.5, 0.6) is 0 Å². The van der Waals surface area contributed by atoms with Crippen LogP contribution >= 0.6 is 23.2 Å². The minimum Gasteiger partial charge on any atom is -0.316 e. The maximum absolute atomic E-state index is 6.08. The minimum absolute atomic E-state index is 0.640. The topological polar surface area (TPSA) is 15.3 Å². The van der Waals surface area contributed by atoms with Crippen LogP contribution < -0.4 is 5.32 Å². The summed E-state index contributed by atoms with van der Waals surface area (Å²) in [5, 5.41) is 4.64. The molecule has 3 rings (SSSR count). The number of nitrogens with zero attached hydrogens (tertiary/aromatic N) is 1. The SMILES string of the molecule is Clc1ccc(CN(CC2CNC2)C2CC2)cc1Cl. The monoisotopic (exact) mass is 284 g/mol. The van der Waals surface area contributed by atoms with Gasteiger partial charge in [0.15, 0.2) is 0 Å². The second-order valence-corrected chi connectivity index (χ2v) is 6.25. The van der Waals surface area contributed by atoms with Crippen molar-refractivity contribution >= 4 is 23.2 Å². The first-order chi connectivity index (χ1) is 8.72.